The van der Waals surface area contributed by atoms with Gasteiger partial charge in [0.05, 0.1) is 0 Å². The van der Waals surface area contributed by atoms with Crippen molar-refractivity contribution in [3.8, 4) is 5.75 Å². The van der Waals surface area contributed by atoms with Gasteiger partial charge in [0, 0.05) is 12.5 Å². The van der Waals surface area contributed by atoms with Crippen LogP contribution in [0.2, 0.25) is 0 Å². The summed E-state index contributed by atoms with van der Waals surface area (Å²) in [5, 5.41) is 3.58. The monoisotopic (exact) mass is 273 g/mol. The first-order valence-electron chi connectivity index (χ1n) is 8.17. The lowest BCUT2D eigenvalue weighted by Crippen LogP contribution is -2.24. The fourth-order valence-corrected chi connectivity index (χ4v) is 3.04. The molecule has 1 N–H and O–H groups in total. The molecule has 1 aliphatic carbocycles. The molecule has 2 heteroatoms. The molecule has 20 heavy (non-hydrogen) atoms. The van der Waals surface area contributed by atoms with Gasteiger partial charge < -0.3 is 10.1 Å². The molecule has 1 fully saturated rings. The van der Waals surface area contributed by atoms with Crippen molar-refractivity contribution in [2.75, 3.05) is 6.54 Å². The highest BCUT2D eigenvalue weighted by Crippen LogP contribution is 2.35. The summed E-state index contributed by atoms with van der Waals surface area (Å²) in [6, 6.07) is 7.61. The van der Waals surface area contributed by atoms with E-state index in [1.807, 2.05) is 0 Å². The molecule has 2 nitrogen and oxygen atoms in total. The van der Waals surface area contributed by atoms with Crippen molar-refractivity contribution in [3.05, 3.63) is 29.3 Å². The topological polar surface area (TPSA) is 21.3 Å². The molecule has 0 amide bonds. The normalized spacial score (nSPS) is 19.7. The highest BCUT2D eigenvalue weighted by Gasteiger charge is 2.29. The molecule has 2 aliphatic rings. The summed E-state index contributed by atoms with van der Waals surface area (Å²) in [4.78, 5) is 0. The number of rotatable bonds is 7. The largest absolute Gasteiger partial charge is 0.487 e. The Morgan fingerprint density at radius 3 is 2.85 bits per heavy atom. The van der Waals surface area contributed by atoms with Crippen LogP contribution in [0, 0.1) is 0 Å². The summed E-state index contributed by atoms with van der Waals surface area (Å²) in [5.41, 5.74) is 2.85. The highest BCUT2D eigenvalue weighted by atomic mass is 16.5. The molecule has 0 radical (unpaired) electrons. The van der Waals surface area contributed by atoms with Crippen LogP contribution in [0.4, 0.5) is 0 Å². The Labute approximate surface area is 122 Å². The number of unbranched alkanes of at least 4 members (excludes halogenated alkanes) is 2. The predicted molar refractivity (Wildman–Crippen MR) is 83.4 cm³/mol. The van der Waals surface area contributed by atoms with Crippen LogP contribution < -0.4 is 10.1 Å². The number of ether oxygens (including phenoxy) is 1. The minimum atomic E-state index is -0.0184. The molecule has 110 valence electrons. The minimum absolute atomic E-state index is 0.0184. The van der Waals surface area contributed by atoms with Crippen LogP contribution >= 0.6 is 0 Å². The third-order valence-electron chi connectivity index (χ3n) is 4.28. The number of fused-ring (bicyclic) bond motifs is 1. The van der Waals surface area contributed by atoms with E-state index in [0.29, 0.717) is 0 Å². The van der Waals surface area contributed by atoms with Crippen molar-refractivity contribution in [2.24, 2.45) is 0 Å². The maximum absolute atomic E-state index is 5.93. The molecule has 0 saturated heterocycles. The molecule has 1 aromatic rings. The third kappa shape index (κ3) is 3.76. The molecule has 3 rings (SSSR count). The zero-order chi connectivity index (χ0) is 14.0. The van der Waals surface area contributed by atoms with Gasteiger partial charge in [-0.05, 0) is 69.7 Å². The molecule has 0 bridgehead atoms. The molecule has 1 aromatic carbocycles. The quantitative estimate of drug-likeness (QED) is 0.762. The average molecular weight is 273 g/mol. The van der Waals surface area contributed by atoms with Gasteiger partial charge in [-0.3, -0.25) is 0 Å². The predicted octanol–water partition coefficient (Wildman–Crippen LogP) is 3.86. The second kappa shape index (κ2) is 5.77. The van der Waals surface area contributed by atoms with Crippen LogP contribution in [-0.4, -0.2) is 18.2 Å². The summed E-state index contributed by atoms with van der Waals surface area (Å²) < 4.78 is 5.93. The molecular formula is C18H27NO. The standard InChI is InChI=1S/C18H27NO/c1-18(2)13-15-12-14(7-10-17(15)20-18)6-4-3-5-11-19-16-8-9-16/h7,10,12,16,19H,3-6,8-9,11,13H2,1-2H3. The zero-order valence-electron chi connectivity index (χ0n) is 12.9. The van der Waals surface area contributed by atoms with Gasteiger partial charge in [-0.15, -0.1) is 0 Å². The van der Waals surface area contributed by atoms with Crippen LogP contribution in [0.3, 0.4) is 0 Å². The smallest absolute Gasteiger partial charge is 0.123 e. The summed E-state index contributed by atoms with van der Waals surface area (Å²) >= 11 is 0. The van der Waals surface area contributed by atoms with E-state index in [-0.39, 0.29) is 5.60 Å². The van der Waals surface area contributed by atoms with E-state index >= 15 is 0 Å². The van der Waals surface area contributed by atoms with Crippen molar-refractivity contribution < 1.29 is 4.74 Å². The van der Waals surface area contributed by atoms with Crippen molar-refractivity contribution >= 4 is 0 Å². The van der Waals surface area contributed by atoms with Crippen molar-refractivity contribution in [1.29, 1.82) is 0 Å². The Balaban J connectivity index is 1.40. The van der Waals surface area contributed by atoms with E-state index in [0.717, 1.165) is 18.2 Å². The van der Waals surface area contributed by atoms with Crippen LogP contribution in [0.25, 0.3) is 0 Å². The zero-order valence-corrected chi connectivity index (χ0v) is 12.9. The number of benzene rings is 1. The van der Waals surface area contributed by atoms with Crippen molar-refractivity contribution in [1.82, 2.24) is 5.32 Å². The lowest BCUT2D eigenvalue weighted by Gasteiger charge is -2.16. The van der Waals surface area contributed by atoms with Gasteiger partial charge in [-0.25, -0.2) is 0 Å². The molecule has 1 saturated carbocycles. The lowest BCUT2D eigenvalue weighted by atomic mass is 9.98. The fraction of sp³-hybridized carbons (Fsp3) is 0.667. The minimum Gasteiger partial charge on any atom is -0.487 e. The first kappa shape index (κ1) is 13.9. The van der Waals surface area contributed by atoms with Gasteiger partial charge >= 0.3 is 0 Å². The molecule has 0 spiro atoms. The fourth-order valence-electron chi connectivity index (χ4n) is 3.04. The second-order valence-electron chi connectivity index (χ2n) is 7.02. The molecule has 0 unspecified atom stereocenters. The van der Waals surface area contributed by atoms with Gasteiger partial charge in [0.1, 0.15) is 11.4 Å². The van der Waals surface area contributed by atoms with E-state index in [4.69, 9.17) is 4.74 Å². The number of hydrogen-bond acceptors (Lipinski definition) is 2. The van der Waals surface area contributed by atoms with Crippen molar-refractivity contribution in [2.45, 2.75) is 70.4 Å². The Bertz CT molecular complexity index is 462. The van der Waals surface area contributed by atoms with E-state index in [1.54, 1.807) is 0 Å². The van der Waals surface area contributed by atoms with Crippen LogP contribution in [0.1, 0.15) is 57.1 Å². The molecule has 1 heterocycles. The maximum Gasteiger partial charge on any atom is 0.123 e. The van der Waals surface area contributed by atoms with E-state index in [1.165, 1.54) is 56.2 Å². The van der Waals surface area contributed by atoms with Gasteiger partial charge in [-0.2, -0.15) is 0 Å². The SMILES string of the molecule is CC1(C)Cc2cc(CCCCCNC3CC3)ccc2O1. The summed E-state index contributed by atoms with van der Waals surface area (Å²) in [7, 11) is 0. The van der Waals surface area contributed by atoms with E-state index in [9.17, 15) is 0 Å². The molecular weight excluding hydrogens is 246 g/mol. The van der Waals surface area contributed by atoms with Gasteiger partial charge in [0.15, 0.2) is 0 Å². The Morgan fingerprint density at radius 2 is 2.05 bits per heavy atom. The second-order valence-corrected chi connectivity index (χ2v) is 7.02. The average Bonchev–Trinajstić information content (AvgIpc) is 3.15. The van der Waals surface area contributed by atoms with Gasteiger partial charge in [-0.1, -0.05) is 18.6 Å². The summed E-state index contributed by atoms with van der Waals surface area (Å²) in [5.74, 6) is 1.09. The van der Waals surface area contributed by atoms with Crippen LogP contribution in [0.15, 0.2) is 18.2 Å². The number of aryl methyl sites for hydroxylation is 1. The molecule has 0 aromatic heterocycles. The van der Waals surface area contributed by atoms with E-state index in [2.05, 4.69) is 37.4 Å². The first-order valence-corrected chi connectivity index (χ1v) is 8.17. The van der Waals surface area contributed by atoms with Crippen LogP contribution in [0.5, 0.6) is 5.75 Å². The van der Waals surface area contributed by atoms with Gasteiger partial charge in [0.25, 0.3) is 0 Å². The van der Waals surface area contributed by atoms with Crippen molar-refractivity contribution in [3.63, 3.8) is 0 Å². The Morgan fingerprint density at radius 1 is 1.20 bits per heavy atom. The van der Waals surface area contributed by atoms with Gasteiger partial charge in [0.2, 0.25) is 0 Å². The Hall–Kier alpha value is -1.02. The summed E-state index contributed by atoms with van der Waals surface area (Å²) in [6.45, 7) is 5.54. The number of hydrogen-bond donors (Lipinski definition) is 1. The Kier molecular flexibility index (Phi) is 4.02. The number of nitrogens with one attached hydrogen (secondary N) is 1. The third-order valence-corrected chi connectivity index (χ3v) is 4.28. The van der Waals surface area contributed by atoms with E-state index < -0.39 is 0 Å². The van der Waals surface area contributed by atoms with Crippen LogP contribution in [-0.2, 0) is 12.8 Å². The first-order chi connectivity index (χ1) is 9.62. The molecule has 0 atom stereocenters. The lowest BCUT2D eigenvalue weighted by molar-refractivity contribution is 0.138. The molecule has 1 aliphatic heterocycles. The summed E-state index contributed by atoms with van der Waals surface area (Å²) in [6.07, 6.45) is 8.99. The highest BCUT2D eigenvalue weighted by molar-refractivity contribution is 5.41. The maximum atomic E-state index is 5.93.